The molecule has 0 radical (unpaired) electrons. The van der Waals surface area contributed by atoms with Crippen LogP contribution in [0.3, 0.4) is 0 Å². The number of carboxylic acids is 1. The smallest absolute Gasteiger partial charge is 0.410 e. The molecule has 0 aliphatic carbocycles. The normalized spacial score (nSPS) is 17.2. The molecule has 1 amide bonds. The van der Waals surface area contributed by atoms with E-state index in [2.05, 4.69) is 0 Å². The van der Waals surface area contributed by atoms with Gasteiger partial charge in [-0.3, -0.25) is 0 Å². The maximum Gasteiger partial charge on any atom is 0.410 e. The van der Waals surface area contributed by atoms with Crippen LogP contribution in [0.5, 0.6) is 0 Å². The zero-order chi connectivity index (χ0) is 19.1. The Kier molecular flexibility index (Phi) is 6.44. The van der Waals surface area contributed by atoms with Crippen LogP contribution in [-0.2, 0) is 22.5 Å². The van der Waals surface area contributed by atoms with Gasteiger partial charge in [-0.2, -0.15) is 0 Å². The SMILES string of the molecule is O=C(O)c1ccc(C[C@H]2COCCN(C(=O)OCc3ccccc3)C2)cc1. The number of ether oxygens (including phenoxy) is 2. The van der Waals surface area contributed by atoms with Gasteiger partial charge >= 0.3 is 12.1 Å². The second kappa shape index (κ2) is 9.19. The third-order valence-electron chi connectivity index (χ3n) is 4.53. The van der Waals surface area contributed by atoms with Gasteiger partial charge in [-0.15, -0.1) is 0 Å². The maximum atomic E-state index is 12.4. The molecule has 1 heterocycles. The van der Waals surface area contributed by atoms with E-state index in [-0.39, 0.29) is 24.2 Å². The molecule has 2 aromatic carbocycles. The van der Waals surface area contributed by atoms with Crippen molar-refractivity contribution in [3.63, 3.8) is 0 Å². The van der Waals surface area contributed by atoms with Crippen molar-refractivity contribution in [3.8, 4) is 0 Å². The summed E-state index contributed by atoms with van der Waals surface area (Å²) in [5.74, 6) is -0.806. The van der Waals surface area contributed by atoms with E-state index in [4.69, 9.17) is 14.6 Å². The topological polar surface area (TPSA) is 76.1 Å². The Morgan fingerprint density at radius 1 is 1.07 bits per heavy atom. The number of hydrogen-bond donors (Lipinski definition) is 1. The fourth-order valence-corrected chi connectivity index (χ4v) is 3.10. The Labute approximate surface area is 158 Å². The zero-order valence-corrected chi connectivity index (χ0v) is 15.0. The highest BCUT2D eigenvalue weighted by atomic mass is 16.6. The second-order valence-electron chi connectivity index (χ2n) is 6.63. The summed E-state index contributed by atoms with van der Waals surface area (Å²) < 4.78 is 11.1. The Morgan fingerprint density at radius 2 is 1.81 bits per heavy atom. The van der Waals surface area contributed by atoms with Gasteiger partial charge < -0.3 is 19.5 Å². The van der Waals surface area contributed by atoms with Crippen LogP contribution in [0.1, 0.15) is 21.5 Å². The first-order chi connectivity index (χ1) is 13.1. The number of carboxylic acid groups (broad SMARTS) is 1. The summed E-state index contributed by atoms with van der Waals surface area (Å²) >= 11 is 0. The number of benzene rings is 2. The Morgan fingerprint density at radius 3 is 2.52 bits per heavy atom. The van der Waals surface area contributed by atoms with Gasteiger partial charge in [0.15, 0.2) is 0 Å². The minimum Gasteiger partial charge on any atom is -0.478 e. The van der Waals surface area contributed by atoms with Crippen LogP contribution >= 0.6 is 0 Å². The third-order valence-corrected chi connectivity index (χ3v) is 4.53. The molecule has 0 unspecified atom stereocenters. The van der Waals surface area contributed by atoms with Crippen molar-refractivity contribution in [1.29, 1.82) is 0 Å². The van der Waals surface area contributed by atoms with E-state index in [1.165, 1.54) is 0 Å². The van der Waals surface area contributed by atoms with Crippen LogP contribution in [0.2, 0.25) is 0 Å². The molecule has 142 valence electrons. The van der Waals surface area contributed by atoms with E-state index in [9.17, 15) is 9.59 Å². The van der Waals surface area contributed by atoms with Crippen LogP contribution < -0.4 is 0 Å². The lowest BCUT2D eigenvalue weighted by Gasteiger charge is -2.23. The molecule has 0 saturated carbocycles. The third kappa shape index (κ3) is 5.56. The van der Waals surface area contributed by atoms with E-state index in [0.717, 1.165) is 11.1 Å². The minimum atomic E-state index is -0.938. The van der Waals surface area contributed by atoms with Gasteiger partial charge in [0.05, 0.1) is 18.8 Å². The highest BCUT2D eigenvalue weighted by Gasteiger charge is 2.24. The molecule has 0 aromatic heterocycles. The maximum absolute atomic E-state index is 12.4. The second-order valence-corrected chi connectivity index (χ2v) is 6.63. The summed E-state index contributed by atoms with van der Waals surface area (Å²) in [6, 6.07) is 16.4. The van der Waals surface area contributed by atoms with Crippen LogP contribution in [0.15, 0.2) is 54.6 Å². The minimum absolute atomic E-state index is 0.132. The fourth-order valence-electron chi connectivity index (χ4n) is 3.10. The van der Waals surface area contributed by atoms with Crippen molar-refractivity contribution in [3.05, 3.63) is 71.3 Å². The van der Waals surface area contributed by atoms with Crippen molar-refractivity contribution in [1.82, 2.24) is 4.90 Å². The van der Waals surface area contributed by atoms with Gasteiger partial charge in [0.2, 0.25) is 0 Å². The number of nitrogens with zero attached hydrogens (tertiary/aromatic N) is 1. The molecule has 3 rings (SSSR count). The molecule has 0 bridgehead atoms. The molecule has 6 heteroatoms. The summed E-state index contributed by atoms with van der Waals surface area (Å²) in [6.07, 6.45) is 0.373. The first kappa shape index (κ1) is 18.9. The highest BCUT2D eigenvalue weighted by Crippen LogP contribution is 2.16. The quantitative estimate of drug-likeness (QED) is 0.876. The monoisotopic (exact) mass is 369 g/mol. The van der Waals surface area contributed by atoms with E-state index in [1.54, 1.807) is 17.0 Å². The molecule has 1 aliphatic rings. The van der Waals surface area contributed by atoms with Gasteiger partial charge in [0.25, 0.3) is 0 Å². The van der Waals surface area contributed by atoms with E-state index >= 15 is 0 Å². The van der Waals surface area contributed by atoms with Crippen LogP contribution in [0, 0.1) is 5.92 Å². The number of rotatable bonds is 5. The van der Waals surface area contributed by atoms with Crippen molar-refractivity contribution >= 4 is 12.1 Å². The first-order valence-electron chi connectivity index (χ1n) is 8.97. The standard InChI is InChI=1S/C21H23NO5/c23-20(24)19-8-6-16(7-9-19)12-18-13-22(10-11-26-14-18)21(25)27-15-17-4-2-1-3-5-17/h1-9,18H,10-15H2,(H,23,24)/t18-/m1/s1. The number of aromatic carboxylic acids is 1. The molecule has 2 aromatic rings. The molecule has 27 heavy (non-hydrogen) atoms. The molecule has 1 aliphatic heterocycles. The highest BCUT2D eigenvalue weighted by molar-refractivity contribution is 5.87. The fraction of sp³-hybridized carbons (Fsp3) is 0.333. The largest absolute Gasteiger partial charge is 0.478 e. The van der Waals surface area contributed by atoms with E-state index in [1.807, 2.05) is 42.5 Å². The zero-order valence-electron chi connectivity index (χ0n) is 15.0. The van der Waals surface area contributed by atoms with Gasteiger partial charge in [0.1, 0.15) is 6.61 Å². The van der Waals surface area contributed by atoms with E-state index < -0.39 is 5.97 Å². The Bertz CT molecular complexity index is 760. The summed E-state index contributed by atoms with van der Waals surface area (Å²) in [5, 5.41) is 8.98. The van der Waals surface area contributed by atoms with Crippen molar-refractivity contribution in [2.24, 2.45) is 5.92 Å². The number of carbonyl (C=O) groups is 2. The lowest BCUT2D eigenvalue weighted by atomic mass is 9.99. The molecule has 6 nitrogen and oxygen atoms in total. The Balaban J connectivity index is 1.56. The molecule has 1 fully saturated rings. The predicted molar refractivity (Wildman–Crippen MR) is 99.6 cm³/mol. The van der Waals surface area contributed by atoms with Crippen molar-refractivity contribution < 1.29 is 24.2 Å². The van der Waals surface area contributed by atoms with Crippen LogP contribution in [-0.4, -0.2) is 48.4 Å². The number of hydrogen-bond acceptors (Lipinski definition) is 4. The van der Waals surface area contributed by atoms with Gasteiger partial charge in [-0.05, 0) is 29.7 Å². The molecular formula is C21H23NO5. The number of amides is 1. The Hall–Kier alpha value is -2.86. The van der Waals surface area contributed by atoms with Crippen molar-refractivity contribution in [2.45, 2.75) is 13.0 Å². The molecule has 1 saturated heterocycles. The molecule has 1 N–H and O–H groups in total. The summed E-state index contributed by atoms with van der Waals surface area (Å²) in [6.45, 7) is 2.34. The van der Waals surface area contributed by atoms with Crippen LogP contribution in [0.25, 0.3) is 0 Å². The molecule has 1 atom stereocenters. The lowest BCUT2D eigenvalue weighted by Crippen LogP contribution is -2.36. The average molecular weight is 369 g/mol. The van der Waals surface area contributed by atoms with Crippen molar-refractivity contribution in [2.75, 3.05) is 26.3 Å². The number of carbonyl (C=O) groups excluding carboxylic acids is 1. The summed E-state index contributed by atoms with van der Waals surface area (Å²) in [5.41, 5.74) is 2.24. The predicted octanol–water partition coefficient (Wildman–Crippen LogP) is 3.21. The van der Waals surface area contributed by atoms with Gasteiger partial charge in [0, 0.05) is 19.0 Å². The lowest BCUT2D eigenvalue weighted by molar-refractivity contribution is 0.0696. The van der Waals surface area contributed by atoms with Gasteiger partial charge in [-0.1, -0.05) is 42.5 Å². The molecular weight excluding hydrogens is 346 g/mol. The summed E-state index contributed by atoms with van der Waals surface area (Å²) in [4.78, 5) is 25.1. The van der Waals surface area contributed by atoms with E-state index in [0.29, 0.717) is 32.7 Å². The summed E-state index contributed by atoms with van der Waals surface area (Å²) in [7, 11) is 0. The van der Waals surface area contributed by atoms with Gasteiger partial charge in [-0.25, -0.2) is 9.59 Å². The average Bonchev–Trinajstić information content (AvgIpc) is 2.93. The van der Waals surface area contributed by atoms with Crippen LogP contribution in [0.4, 0.5) is 4.79 Å². The molecule has 0 spiro atoms. The first-order valence-corrected chi connectivity index (χ1v) is 8.97.